The van der Waals surface area contributed by atoms with E-state index in [1.807, 2.05) is 48.5 Å². The van der Waals surface area contributed by atoms with Crippen LogP contribution < -0.4 is 18.9 Å². The standard InChI is InChI=1S/C25H38N2O.C24H36N2O.C23H34N2O.C22H32N2O/c1-4-6-8-10-12-14-23-17-20-25(27-26-23)22-15-18-24(19-16-22)28-21(3)13-11-9-7-5-2;1-4-6-8-10-12-20(3)27-23-17-14-21(15-18-23)24-19-16-22(25-26-24)13-11-9-7-5-2;1-4-6-8-10-11-19(3)26-22-16-13-20(14-17-22)23-18-15-21(24-25-23)12-9-7-5-2;1-4-6-8-9-10-18(3)25-21-15-12-19(13-16-21)22-17-14-20(23-24-22)11-7-5-2/h15-21H,4-14H2,1-3H3;14-20H,4-13H2,1-3H3;13-19H,4-12H2,1-3H3;12-18H,4-11H2,1-3H3. The van der Waals surface area contributed by atoms with Crippen LogP contribution in [0.25, 0.3) is 45.0 Å². The molecule has 0 fully saturated rings. The maximum atomic E-state index is 6.04. The lowest BCUT2D eigenvalue weighted by molar-refractivity contribution is 0.206. The molecule has 0 saturated heterocycles. The van der Waals surface area contributed by atoms with Crippen molar-refractivity contribution in [2.45, 2.75) is 351 Å². The van der Waals surface area contributed by atoms with Gasteiger partial charge in [0.15, 0.2) is 0 Å². The van der Waals surface area contributed by atoms with E-state index in [2.05, 4.69) is 221 Å². The molecular weight excluding hydrogens is 1310 g/mol. The van der Waals surface area contributed by atoms with Crippen LogP contribution in [0.15, 0.2) is 146 Å². The van der Waals surface area contributed by atoms with E-state index in [-0.39, 0.29) is 24.4 Å². The minimum atomic E-state index is 0.263. The Balaban J connectivity index is 0.000000254. The lowest BCUT2D eigenvalue weighted by atomic mass is 10.1. The molecule has 106 heavy (non-hydrogen) atoms. The third-order valence-electron chi connectivity index (χ3n) is 19.3. The van der Waals surface area contributed by atoms with Crippen molar-refractivity contribution in [3.05, 3.63) is 168 Å². The highest BCUT2D eigenvalue weighted by Crippen LogP contribution is 2.28. The zero-order valence-electron chi connectivity index (χ0n) is 68.2. The van der Waals surface area contributed by atoms with Crippen LogP contribution >= 0.6 is 0 Å². The largest absolute Gasteiger partial charge is 0.491 e. The monoisotopic (exact) mass is 1450 g/mol. The summed E-state index contributed by atoms with van der Waals surface area (Å²) in [7, 11) is 0. The van der Waals surface area contributed by atoms with Crippen LogP contribution in [-0.4, -0.2) is 65.2 Å². The van der Waals surface area contributed by atoms with Gasteiger partial charge in [-0.05, 0) is 276 Å². The molecule has 580 valence electrons. The average molecular weight is 1450 g/mol. The Morgan fingerprint density at radius 3 is 0.604 bits per heavy atom. The van der Waals surface area contributed by atoms with Gasteiger partial charge in [0.05, 0.1) is 70.0 Å². The number of aromatic nitrogens is 8. The number of unbranched alkanes of at least 4 members (excludes halogenated alkanes) is 22. The van der Waals surface area contributed by atoms with Crippen molar-refractivity contribution in [1.82, 2.24) is 40.8 Å². The average Bonchev–Trinajstić information content (AvgIpc) is 0.872. The second-order valence-electron chi connectivity index (χ2n) is 29.4. The number of rotatable bonds is 50. The molecule has 4 heterocycles. The second-order valence-corrected chi connectivity index (χ2v) is 29.4. The smallest absolute Gasteiger partial charge is 0.119 e. The van der Waals surface area contributed by atoms with Gasteiger partial charge in [0, 0.05) is 22.3 Å². The molecule has 0 aliphatic heterocycles. The predicted molar refractivity (Wildman–Crippen MR) is 447 cm³/mol. The first-order valence-corrected chi connectivity index (χ1v) is 42.3. The van der Waals surface area contributed by atoms with E-state index in [9.17, 15) is 0 Å². The van der Waals surface area contributed by atoms with Gasteiger partial charge in [-0.25, -0.2) is 0 Å². The summed E-state index contributed by atoms with van der Waals surface area (Å²) in [6, 6.07) is 49.6. The van der Waals surface area contributed by atoms with Crippen LogP contribution in [0.3, 0.4) is 0 Å². The normalized spacial score (nSPS) is 12.1. The number of benzene rings is 4. The molecule has 12 nitrogen and oxygen atoms in total. The van der Waals surface area contributed by atoms with E-state index in [1.165, 1.54) is 186 Å². The molecule has 0 amide bonds. The lowest BCUT2D eigenvalue weighted by Crippen LogP contribution is -2.11. The van der Waals surface area contributed by atoms with Gasteiger partial charge in [0.1, 0.15) is 23.0 Å². The van der Waals surface area contributed by atoms with Gasteiger partial charge in [-0.3, -0.25) is 0 Å². The van der Waals surface area contributed by atoms with E-state index in [4.69, 9.17) is 18.9 Å². The first-order chi connectivity index (χ1) is 51.9. The van der Waals surface area contributed by atoms with E-state index in [1.54, 1.807) is 0 Å². The Labute approximate surface area is 644 Å². The second kappa shape index (κ2) is 56.7. The zero-order chi connectivity index (χ0) is 75.9. The predicted octanol–water partition coefficient (Wildman–Crippen LogP) is 27.2. The summed E-state index contributed by atoms with van der Waals surface area (Å²) < 4.78 is 24.1. The van der Waals surface area contributed by atoms with Crippen LogP contribution in [0, 0.1) is 0 Å². The fraction of sp³-hybridized carbons (Fsp3) is 0.574. The van der Waals surface area contributed by atoms with Crippen LogP contribution in [0.4, 0.5) is 0 Å². The maximum Gasteiger partial charge on any atom is 0.119 e. The molecule has 0 radical (unpaired) electrons. The minimum absolute atomic E-state index is 0.263. The number of hydrogen-bond donors (Lipinski definition) is 0. The van der Waals surface area contributed by atoms with Crippen LogP contribution in [0.2, 0.25) is 0 Å². The summed E-state index contributed by atoms with van der Waals surface area (Å²) in [5.74, 6) is 3.73. The molecule has 8 aromatic rings. The van der Waals surface area contributed by atoms with Crippen molar-refractivity contribution in [3.8, 4) is 68.0 Å². The van der Waals surface area contributed by atoms with Gasteiger partial charge in [-0.1, -0.05) is 197 Å². The highest BCUT2D eigenvalue weighted by molar-refractivity contribution is 5.62. The Morgan fingerprint density at radius 1 is 0.198 bits per heavy atom. The topological polar surface area (TPSA) is 140 Å². The molecule has 0 saturated carbocycles. The van der Waals surface area contributed by atoms with Crippen LogP contribution in [0.5, 0.6) is 23.0 Å². The van der Waals surface area contributed by atoms with Crippen molar-refractivity contribution in [1.29, 1.82) is 0 Å². The number of hydrogen-bond acceptors (Lipinski definition) is 12. The molecule has 0 bridgehead atoms. The fourth-order valence-electron chi connectivity index (χ4n) is 12.6. The van der Waals surface area contributed by atoms with Gasteiger partial charge >= 0.3 is 0 Å². The van der Waals surface area contributed by atoms with Gasteiger partial charge < -0.3 is 18.9 Å². The fourth-order valence-corrected chi connectivity index (χ4v) is 12.6. The first kappa shape index (κ1) is 89.0. The van der Waals surface area contributed by atoms with Crippen LogP contribution in [0.1, 0.15) is 324 Å². The summed E-state index contributed by atoms with van der Waals surface area (Å²) in [5, 5.41) is 35.1. The van der Waals surface area contributed by atoms with Crippen molar-refractivity contribution in [2.24, 2.45) is 0 Å². The van der Waals surface area contributed by atoms with Crippen molar-refractivity contribution < 1.29 is 18.9 Å². The molecule has 0 aliphatic rings. The molecule has 4 aromatic heterocycles. The molecule has 0 aliphatic carbocycles. The Morgan fingerprint density at radius 2 is 0.387 bits per heavy atom. The zero-order valence-corrected chi connectivity index (χ0v) is 68.2. The van der Waals surface area contributed by atoms with E-state index in [0.29, 0.717) is 0 Å². The Kier molecular flexibility index (Phi) is 47.6. The van der Waals surface area contributed by atoms with Crippen molar-refractivity contribution in [3.63, 3.8) is 0 Å². The summed E-state index contributed by atoms with van der Waals surface area (Å²) in [6.07, 6.45) is 47.7. The number of nitrogens with zero attached hydrogens (tertiary/aromatic N) is 8. The summed E-state index contributed by atoms with van der Waals surface area (Å²) in [4.78, 5) is 0. The lowest BCUT2D eigenvalue weighted by Gasteiger charge is -2.15. The van der Waals surface area contributed by atoms with Gasteiger partial charge in [-0.2, -0.15) is 40.8 Å². The summed E-state index contributed by atoms with van der Waals surface area (Å²) >= 11 is 0. The summed E-state index contributed by atoms with van der Waals surface area (Å²) in [6.45, 7) is 26.5. The third kappa shape index (κ3) is 38.8. The summed E-state index contributed by atoms with van der Waals surface area (Å²) in [5.41, 5.74) is 12.4. The molecule has 4 atom stereocenters. The SMILES string of the molecule is CCCCCCC(C)Oc1ccc(-c2ccc(CCCC)nn2)cc1.CCCCCCC(C)Oc1ccc(-c2ccc(CCCCC)nn2)cc1.CCCCCCCc1ccc(-c2ccc(OC(C)CCCCCC)cc2)nn1.CCCCCCc1ccc(-c2ccc(OC(C)CCCCCC)cc2)nn1. The van der Waals surface area contributed by atoms with E-state index < -0.39 is 0 Å². The van der Waals surface area contributed by atoms with Gasteiger partial charge in [-0.15, -0.1) is 0 Å². The molecular formula is C94H140N8O4. The Bertz CT molecular complexity index is 3370. The van der Waals surface area contributed by atoms with Crippen molar-refractivity contribution in [2.75, 3.05) is 0 Å². The molecule has 0 N–H and O–H groups in total. The Hall–Kier alpha value is -7.60. The van der Waals surface area contributed by atoms with Gasteiger partial charge in [0.25, 0.3) is 0 Å². The van der Waals surface area contributed by atoms with Crippen molar-refractivity contribution >= 4 is 0 Å². The number of aryl methyl sites for hydroxylation is 4. The highest BCUT2D eigenvalue weighted by atomic mass is 16.5. The molecule has 4 unspecified atom stereocenters. The van der Waals surface area contributed by atoms with Gasteiger partial charge in [0.2, 0.25) is 0 Å². The van der Waals surface area contributed by atoms with E-state index in [0.717, 1.165) is 149 Å². The molecule has 8 rings (SSSR count). The maximum absolute atomic E-state index is 6.04. The molecule has 12 heteroatoms. The molecule has 0 spiro atoms. The minimum Gasteiger partial charge on any atom is -0.491 e. The van der Waals surface area contributed by atoms with E-state index >= 15 is 0 Å². The number of ether oxygens (including phenoxy) is 4. The van der Waals surface area contributed by atoms with Crippen LogP contribution in [-0.2, 0) is 25.7 Å². The quantitative estimate of drug-likeness (QED) is 0.0335. The highest BCUT2D eigenvalue weighted by Gasteiger charge is 2.12. The first-order valence-electron chi connectivity index (χ1n) is 42.3. The third-order valence-corrected chi connectivity index (χ3v) is 19.3. The molecule has 4 aromatic carbocycles.